The third-order valence-corrected chi connectivity index (χ3v) is 2.95. The second-order valence-electron chi connectivity index (χ2n) is 3.59. The summed E-state index contributed by atoms with van der Waals surface area (Å²) in [5.41, 5.74) is -0.667. The summed E-state index contributed by atoms with van der Waals surface area (Å²) in [6, 6.07) is -0.940. The smallest absolute Gasteiger partial charge is 0.327 e. The highest BCUT2D eigenvalue weighted by atomic mass is 32.1. The Hall–Kier alpha value is -0.360. The van der Waals surface area contributed by atoms with Crippen LogP contribution >= 0.6 is 25.3 Å². The molecule has 0 aromatic carbocycles. The summed E-state index contributed by atoms with van der Waals surface area (Å²) in [7, 11) is 0. The van der Waals surface area contributed by atoms with Crippen LogP contribution in [0.15, 0.2) is 0 Å². The molecule has 0 rings (SSSR count). The predicted octanol–water partition coefficient (Wildman–Crippen LogP) is 0.442. The van der Waals surface area contributed by atoms with Crippen LogP contribution in [0.25, 0.3) is 0 Å². The molecule has 14 heavy (non-hydrogen) atoms. The zero-order valence-corrected chi connectivity index (χ0v) is 9.94. The molecule has 0 aliphatic heterocycles. The van der Waals surface area contributed by atoms with Crippen molar-refractivity contribution in [3.05, 3.63) is 0 Å². The van der Waals surface area contributed by atoms with Gasteiger partial charge in [-0.1, -0.05) is 13.8 Å². The van der Waals surface area contributed by atoms with Crippen molar-refractivity contribution in [2.45, 2.75) is 19.9 Å². The maximum atomic E-state index is 11.5. The number of rotatable bonds is 5. The lowest BCUT2D eigenvalue weighted by Crippen LogP contribution is -2.48. The molecular weight excluding hydrogens is 222 g/mol. The van der Waals surface area contributed by atoms with Crippen LogP contribution < -0.4 is 5.32 Å². The lowest BCUT2D eigenvalue weighted by atomic mass is 9.95. The molecule has 0 aromatic heterocycles. The molecule has 82 valence electrons. The quantitative estimate of drug-likeness (QED) is 0.525. The molecule has 1 atom stereocenters. The van der Waals surface area contributed by atoms with E-state index in [1.165, 1.54) is 0 Å². The number of carboxylic acids is 1. The van der Waals surface area contributed by atoms with Crippen LogP contribution in [0.2, 0.25) is 0 Å². The molecular formula is C8H15NO3S2. The van der Waals surface area contributed by atoms with Gasteiger partial charge >= 0.3 is 5.97 Å². The highest BCUT2D eigenvalue weighted by Gasteiger charge is 2.29. The van der Waals surface area contributed by atoms with Crippen LogP contribution in [0.4, 0.5) is 0 Å². The maximum Gasteiger partial charge on any atom is 0.327 e. The Morgan fingerprint density at radius 2 is 1.93 bits per heavy atom. The van der Waals surface area contributed by atoms with Gasteiger partial charge in [-0.05, 0) is 0 Å². The van der Waals surface area contributed by atoms with Crippen LogP contribution in [0, 0.1) is 5.41 Å². The van der Waals surface area contributed by atoms with E-state index < -0.39 is 17.4 Å². The molecule has 0 radical (unpaired) electrons. The second-order valence-corrected chi connectivity index (χ2v) is 4.27. The van der Waals surface area contributed by atoms with Gasteiger partial charge in [0.15, 0.2) is 0 Å². The van der Waals surface area contributed by atoms with Gasteiger partial charge in [-0.3, -0.25) is 4.79 Å². The number of carbonyl (C=O) groups excluding carboxylic acids is 1. The van der Waals surface area contributed by atoms with Gasteiger partial charge < -0.3 is 10.4 Å². The summed E-state index contributed by atoms with van der Waals surface area (Å²) in [4.78, 5) is 22.1. The van der Waals surface area contributed by atoms with Crippen LogP contribution in [0.3, 0.4) is 0 Å². The minimum atomic E-state index is -1.08. The van der Waals surface area contributed by atoms with E-state index >= 15 is 0 Å². The molecule has 6 heteroatoms. The molecule has 0 unspecified atom stereocenters. The SMILES string of the molecule is CC(C)(CS)C(=O)N[C@H](CS)C(=O)O. The molecule has 0 fully saturated rings. The topological polar surface area (TPSA) is 66.4 Å². The molecule has 0 spiro atoms. The van der Waals surface area contributed by atoms with E-state index in [0.29, 0.717) is 5.75 Å². The van der Waals surface area contributed by atoms with E-state index in [2.05, 4.69) is 30.6 Å². The van der Waals surface area contributed by atoms with Gasteiger partial charge in [0, 0.05) is 11.5 Å². The van der Waals surface area contributed by atoms with Gasteiger partial charge in [0.1, 0.15) is 6.04 Å². The highest BCUT2D eigenvalue weighted by Crippen LogP contribution is 2.16. The fourth-order valence-corrected chi connectivity index (χ4v) is 1.00. The van der Waals surface area contributed by atoms with Crippen molar-refractivity contribution in [3.63, 3.8) is 0 Å². The van der Waals surface area contributed by atoms with E-state index in [1.807, 2.05) is 0 Å². The minimum Gasteiger partial charge on any atom is -0.480 e. The molecule has 0 saturated carbocycles. The van der Waals surface area contributed by atoms with Crippen molar-refractivity contribution in [2.75, 3.05) is 11.5 Å². The molecule has 0 heterocycles. The standard InChI is InChI=1S/C8H15NO3S2/c1-8(2,4-14)7(12)9-5(3-13)6(10)11/h5,13-14H,3-4H2,1-2H3,(H,9,12)(H,10,11)/t5-/m1/s1. The Balaban J connectivity index is 4.37. The molecule has 0 aliphatic rings. The van der Waals surface area contributed by atoms with Gasteiger partial charge in [0.25, 0.3) is 0 Å². The third-order valence-electron chi connectivity index (χ3n) is 1.80. The van der Waals surface area contributed by atoms with Crippen LogP contribution in [0.5, 0.6) is 0 Å². The number of carboxylic acid groups (broad SMARTS) is 1. The first-order chi connectivity index (χ1) is 6.35. The number of hydrogen-bond donors (Lipinski definition) is 4. The fraction of sp³-hybridized carbons (Fsp3) is 0.750. The number of amides is 1. The Morgan fingerprint density at radius 3 is 2.21 bits per heavy atom. The molecule has 0 aromatic rings. The van der Waals surface area contributed by atoms with Crippen molar-refractivity contribution < 1.29 is 14.7 Å². The predicted molar refractivity (Wildman–Crippen MR) is 61.1 cm³/mol. The Kier molecular flexibility index (Phi) is 5.36. The largest absolute Gasteiger partial charge is 0.480 e. The van der Waals surface area contributed by atoms with E-state index in [1.54, 1.807) is 13.8 Å². The summed E-state index contributed by atoms with van der Waals surface area (Å²) in [5, 5.41) is 11.1. The van der Waals surface area contributed by atoms with Crippen LogP contribution in [-0.2, 0) is 9.59 Å². The normalized spacial score (nSPS) is 13.4. The van der Waals surface area contributed by atoms with Gasteiger partial charge in [0.05, 0.1) is 5.41 Å². The lowest BCUT2D eigenvalue weighted by molar-refractivity contribution is -0.142. The first-order valence-corrected chi connectivity index (χ1v) is 5.37. The summed E-state index contributed by atoms with van der Waals surface area (Å²) < 4.78 is 0. The minimum absolute atomic E-state index is 0.0731. The van der Waals surface area contributed by atoms with Crippen LogP contribution in [-0.4, -0.2) is 34.5 Å². The van der Waals surface area contributed by atoms with E-state index in [0.717, 1.165) is 0 Å². The van der Waals surface area contributed by atoms with Crippen molar-refractivity contribution in [1.82, 2.24) is 5.32 Å². The maximum absolute atomic E-state index is 11.5. The zero-order valence-electron chi connectivity index (χ0n) is 8.15. The third kappa shape index (κ3) is 3.79. The van der Waals surface area contributed by atoms with Gasteiger partial charge in [-0.25, -0.2) is 4.79 Å². The van der Waals surface area contributed by atoms with Gasteiger partial charge in [0.2, 0.25) is 5.91 Å². The number of hydrogen-bond acceptors (Lipinski definition) is 4. The molecule has 0 saturated heterocycles. The van der Waals surface area contributed by atoms with Gasteiger partial charge in [-0.2, -0.15) is 25.3 Å². The second kappa shape index (κ2) is 5.50. The lowest BCUT2D eigenvalue weighted by Gasteiger charge is -2.23. The van der Waals surface area contributed by atoms with E-state index in [-0.39, 0.29) is 11.7 Å². The number of nitrogens with one attached hydrogen (secondary N) is 1. The van der Waals surface area contributed by atoms with E-state index in [9.17, 15) is 9.59 Å². The monoisotopic (exact) mass is 237 g/mol. The summed E-state index contributed by atoms with van der Waals surface area (Å²) in [6.07, 6.45) is 0. The molecule has 0 bridgehead atoms. The average molecular weight is 237 g/mol. The van der Waals surface area contributed by atoms with E-state index in [4.69, 9.17) is 5.11 Å². The summed E-state index contributed by atoms with van der Waals surface area (Å²) in [5.74, 6) is -0.973. The van der Waals surface area contributed by atoms with Crippen LogP contribution in [0.1, 0.15) is 13.8 Å². The Morgan fingerprint density at radius 1 is 1.43 bits per heavy atom. The number of carbonyl (C=O) groups is 2. The van der Waals surface area contributed by atoms with Crippen molar-refractivity contribution >= 4 is 37.1 Å². The number of aliphatic carboxylic acids is 1. The first kappa shape index (κ1) is 13.6. The molecule has 2 N–H and O–H groups in total. The fourth-order valence-electron chi connectivity index (χ4n) is 0.611. The van der Waals surface area contributed by atoms with Crippen molar-refractivity contribution in [1.29, 1.82) is 0 Å². The average Bonchev–Trinajstić information content (AvgIpc) is 2.12. The summed E-state index contributed by atoms with van der Waals surface area (Å²) in [6.45, 7) is 3.40. The Bertz CT molecular complexity index is 231. The summed E-state index contributed by atoms with van der Waals surface area (Å²) >= 11 is 7.86. The molecule has 4 nitrogen and oxygen atoms in total. The van der Waals surface area contributed by atoms with Crippen molar-refractivity contribution in [2.24, 2.45) is 5.41 Å². The molecule has 0 aliphatic carbocycles. The van der Waals surface area contributed by atoms with Gasteiger partial charge in [-0.15, -0.1) is 0 Å². The zero-order chi connectivity index (χ0) is 11.4. The molecule has 1 amide bonds. The number of thiol groups is 2. The highest BCUT2D eigenvalue weighted by molar-refractivity contribution is 7.80. The van der Waals surface area contributed by atoms with Crippen molar-refractivity contribution in [3.8, 4) is 0 Å². The Labute approximate surface area is 94.3 Å². The first-order valence-electron chi connectivity index (χ1n) is 4.10.